The molecule has 0 aromatic heterocycles. The van der Waals surface area contributed by atoms with Gasteiger partial charge in [0, 0.05) is 12.8 Å². The van der Waals surface area contributed by atoms with Crippen LogP contribution < -0.4 is 5.32 Å². The minimum atomic E-state index is -0.632. The Kier molecular flexibility index (Phi) is 6.96. The molecule has 1 saturated heterocycles. The molecule has 5 atom stereocenters. The zero-order valence-electron chi connectivity index (χ0n) is 15.2. The standard InChI is InChI=1S/C19H27NO5/c1-12-16(10-20-4)13(2)19(24-14(3)21)25-17(12)11-23-18(22)15-8-6-5-7-9-15/h5-9,12-13,16-17,19-20H,10-11H2,1-4H3/t12-,13?,16-,17?,19?/m0/s1. The third kappa shape index (κ3) is 5.03. The number of nitrogens with one attached hydrogen (secondary N) is 1. The molecule has 2 rings (SSSR count). The molecule has 25 heavy (non-hydrogen) atoms. The smallest absolute Gasteiger partial charge is 0.338 e. The molecule has 6 nitrogen and oxygen atoms in total. The van der Waals surface area contributed by atoms with Gasteiger partial charge in [-0.15, -0.1) is 0 Å². The normalized spacial score (nSPS) is 29.0. The Morgan fingerprint density at radius 1 is 1.16 bits per heavy atom. The summed E-state index contributed by atoms with van der Waals surface area (Å²) >= 11 is 0. The Morgan fingerprint density at radius 2 is 1.84 bits per heavy atom. The summed E-state index contributed by atoms with van der Waals surface area (Å²) in [6.07, 6.45) is -0.959. The van der Waals surface area contributed by atoms with Crippen molar-refractivity contribution in [2.45, 2.75) is 33.2 Å². The molecule has 1 N–H and O–H groups in total. The van der Waals surface area contributed by atoms with E-state index >= 15 is 0 Å². The first kappa shape index (κ1) is 19.4. The van der Waals surface area contributed by atoms with Gasteiger partial charge in [0.25, 0.3) is 0 Å². The summed E-state index contributed by atoms with van der Waals surface area (Å²) in [4.78, 5) is 23.5. The maximum absolute atomic E-state index is 12.1. The molecule has 138 valence electrons. The Morgan fingerprint density at radius 3 is 2.44 bits per heavy atom. The molecular formula is C19H27NO5. The fourth-order valence-electron chi connectivity index (χ4n) is 3.29. The van der Waals surface area contributed by atoms with Crippen molar-refractivity contribution in [2.75, 3.05) is 20.2 Å². The van der Waals surface area contributed by atoms with Gasteiger partial charge in [-0.25, -0.2) is 4.79 Å². The second kappa shape index (κ2) is 8.97. The van der Waals surface area contributed by atoms with E-state index < -0.39 is 6.29 Å². The summed E-state index contributed by atoms with van der Waals surface area (Å²) in [7, 11) is 1.89. The Hall–Kier alpha value is -1.92. The number of carbonyl (C=O) groups excluding carboxylic acids is 2. The molecule has 0 amide bonds. The van der Waals surface area contributed by atoms with Gasteiger partial charge in [0.1, 0.15) is 6.61 Å². The topological polar surface area (TPSA) is 73.9 Å². The summed E-state index contributed by atoms with van der Waals surface area (Å²) in [5.74, 6) is -0.326. The van der Waals surface area contributed by atoms with Crippen molar-refractivity contribution >= 4 is 11.9 Å². The Bertz CT molecular complexity index is 576. The Balaban J connectivity index is 2.04. The fourth-order valence-corrected chi connectivity index (χ4v) is 3.29. The van der Waals surface area contributed by atoms with Crippen LogP contribution in [0.1, 0.15) is 31.1 Å². The highest BCUT2D eigenvalue weighted by atomic mass is 16.7. The first-order valence-corrected chi connectivity index (χ1v) is 8.63. The summed E-state index contributed by atoms with van der Waals surface area (Å²) in [6.45, 7) is 6.35. The van der Waals surface area contributed by atoms with Gasteiger partial charge in [-0.2, -0.15) is 0 Å². The summed E-state index contributed by atoms with van der Waals surface area (Å²) in [5, 5.41) is 3.18. The van der Waals surface area contributed by atoms with E-state index in [9.17, 15) is 9.59 Å². The number of rotatable bonds is 6. The van der Waals surface area contributed by atoms with Crippen molar-refractivity contribution < 1.29 is 23.8 Å². The lowest BCUT2D eigenvalue weighted by atomic mass is 9.77. The van der Waals surface area contributed by atoms with E-state index in [1.807, 2.05) is 20.0 Å². The third-order valence-corrected chi connectivity index (χ3v) is 4.79. The van der Waals surface area contributed by atoms with Crippen LogP contribution in [0.5, 0.6) is 0 Å². The predicted molar refractivity (Wildman–Crippen MR) is 92.9 cm³/mol. The van der Waals surface area contributed by atoms with Crippen LogP contribution in [0.2, 0.25) is 0 Å². The van der Waals surface area contributed by atoms with E-state index in [2.05, 4.69) is 12.2 Å². The van der Waals surface area contributed by atoms with Gasteiger partial charge >= 0.3 is 11.9 Å². The van der Waals surface area contributed by atoms with Crippen molar-refractivity contribution in [3.8, 4) is 0 Å². The van der Waals surface area contributed by atoms with Crippen molar-refractivity contribution in [3.63, 3.8) is 0 Å². The van der Waals surface area contributed by atoms with E-state index in [0.717, 1.165) is 6.54 Å². The summed E-state index contributed by atoms with van der Waals surface area (Å²) in [5.41, 5.74) is 0.502. The van der Waals surface area contributed by atoms with Crippen molar-refractivity contribution in [1.29, 1.82) is 0 Å². The van der Waals surface area contributed by atoms with Crippen LogP contribution in [0.25, 0.3) is 0 Å². The van der Waals surface area contributed by atoms with Crippen molar-refractivity contribution in [2.24, 2.45) is 17.8 Å². The summed E-state index contributed by atoms with van der Waals surface area (Å²) in [6, 6.07) is 8.84. The number of hydrogen-bond acceptors (Lipinski definition) is 6. The second-order valence-corrected chi connectivity index (χ2v) is 6.56. The molecule has 1 aromatic carbocycles. The van der Waals surface area contributed by atoms with E-state index in [1.54, 1.807) is 24.3 Å². The van der Waals surface area contributed by atoms with Crippen LogP contribution in [0, 0.1) is 17.8 Å². The SMILES string of the molecule is CNC[C@@H]1C(C)C(OC(C)=O)OC(COC(=O)c2ccccc2)[C@H]1C. The number of benzene rings is 1. The van der Waals surface area contributed by atoms with Crippen LogP contribution in [-0.2, 0) is 19.0 Å². The van der Waals surface area contributed by atoms with Crippen LogP contribution in [0.4, 0.5) is 0 Å². The molecule has 1 fully saturated rings. The molecule has 1 heterocycles. The van der Waals surface area contributed by atoms with Gasteiger partial charge in [0.2, 0.25) is 6.29 Å². The maximum Gasteiger partial charge on any atom is 0.338 e. The molecule has 3 unspecified atom stereocenters. The van der Waals surface area contributed by atoms with Gasteiger partial charge in [-0.05, 0) is 37.6 Å². The largest absolute Gasteiger partial charge is 0.459 e. The lowest BCUT2D eigenvalue weighted by Crippen LogP contribution is -2.51. The first-order valence-electron chi connectivity index (χ1n) is 8.63. The fraction of sp³-hybridized carbons (Fsp3) is 0.579. The number of carbonyl (C=O) groups is 2. The average Bonchev–Trinajstić information content (AvgIpc) is 2.60. The van der Waals surface area contributed by atoms with Gasteiger partial charge in [-0.3, -0.25) is 4.79 Å². The lowest BCUT2D eigenvalue weighted by molar-refractivity contribution is -0.247. The minimum Gasteiger partial charge on any atom is -0.459 e. The van der Waals surface area contributed by atoms with Crippen LogP contribution in [0.15, 0.2) is 30.3 Å². The van der Waals surface area contributed by atoms with Crippen molar-refractivity contribution in [3.05, 3.63) is 35.9 Å². The van der Waals surface area contributed by atoms with Crippen LogP contribution in [0.3, 0.4) is 0 Å². The quantitative estimate of drug-likeness (QED) is 0.794. The number of ether oxygens (including phenoxy) is 3. The minimum absolute atomic E-state index is 0.0485. The molecule has 1 aliphatic rings. The molecule has 0 spiro atoms. The summed E-state index contributed by atoms with van der Waals surface area (Å²) < 4.78 is 16.7. The highest BCUT2D eigenvalue weighted by Gasteiger charge is 2.43. The van der Waals surface area contributed by atoms with E-state index in [1.165, 1.54) is 6.92 Å². The van der Waals surface area contributed by atoms with Crippen LogP contribution >= 0.6 is 0 Å². The third-order valence-electron chi connectivity index (χ3n) is 4.79. The van der Waals surface area contributed by atoms with E-state index in [4.69, 9.17) is 14.2 Å². The van der Waals surface area contributed by atoms with Gasteiger partial charge in [0.05, 0.1) is 11.7 Å². The molecule has 0 radical (unpaired) electrons. The van der Waals surface area contributed by atoms with Gasteiger partial charge < -0.3 is 19.5 Å². The van der Waals surface area contributed by atoms with Crippen LogP contribution in [-0.4, -0.2) is 44.5 Å². The molecule has 0 saturated carbocycles. The molecule has 6 heteroatoms. The highest BCUT2D eigenvalue weighted by molar-refractivity contribution is 5.89. The number of hydrogen-bond donors (Lipinski definition) is 1. The zero-order valence-corrected chi connectivity index (χ0v) is 15.2. The monoisotopic (exact) mass is 349 g/mol. The predicted octanol–water partition coefficient (Wildman–Crippen LogP) is 2.24. The first-order chi connectivity index (χ1) is 11.9. The van der Waals surface area contributed by atoms with Crippen molar-refractivity contribution in [1.82, 2.24) is 5.32 Å². The molecule has 1 aromatic rings. The molecule has 0 bridgehead atoms. The number of esters is 2. The second-order valence-electron chi connectivity index (χ2n) is 6.56. The Labute approximate surface area is 148 Å². The maximum atomic E-state index is 12.1. The molecular weight excluding hydrogens is 322 g/mol. The lowest BCUT2D eigenvalue weighted by Gasteiger charge is -2.43. The molecule has 0 aliphatic carbocycles. The van der Waals surface area contributed by atoms with Gasteiger partial charge in [-0.1, -0.05) is 32.0 Å². The highest BCUT2D eigenvalue weighted by Crippen LogP contribution is 2.35. The average molecular weight is 349 g/mol. The zero-order chi connectivity index (χ0) is 18.4. The van der Waals surface area contributed by atoms with Gasteiger partial charge in [0.15, 0.2) is 0 Å². The van der Waals surface area contributed by atoms with E-state index in [0.29, 0.717) is 5.56 Å². The van der Waals surface area contributed by atoms with E-state index in [-0.39, 0.29) is 42.4 Å². The molecule has 1 aliphatic heterocycles.